The third-order valence-electron chi connectivity index (χ3n) is 3.65. The summed E-state index contributed by atoms with van der Waals surface area (Å²) in [6, 6.07) is 14.3. The van der Waals surface area contributed by atoms with Gasteiger partial charge in [0.05, 0.1) is 18.5 Å². The zero-order valence-corrected chi connectivity index (χ0v) is 13.5. The minimum atomic E-state index is -0.490. The summed E-state index contributed by atoms with van der Waals surface area (Å²) >= 11 is 0. The van der Waals surface area contributed by atoms with Gasteiger partial charge < -0.3 is 10.5 Å². The fourth-order valence-corrected chi connectivity index (χ4v) is 2.50. The first kappa shape index (κ1) is 16.4. The smallest absolute Gasteiger partial charge is 0.358 e. The Morgan fingerprint density at radius 1 is 1.12 bits per heavy atom. The minimum Gasteiger partial charge on any atom is -0.461 e. The molecular formula is C18H16N4O3. The van der Waals surface area contributed by atoms with Crippen LogP contribution in [0.2, 0.25) is 0 Å². The van der Waals surface area contributed by atoms with Gasteiger partial charge in [0.15, 0.2) is 5.69 Å². The molecule has 0 aliphatic rings. The van der Waals surface area contributed by atoms with Crippen LogP contribution in [-0.2, 0) is 4.74 Å². The first-order valence-corrected chi connectivity index (χ1v) is 7.69. The Balaban J connectivity index is 1.96. The third-order valence-corrected chi connectivity index (χ3v) is 3.65. The van der Waals surface area contributed by atoms with Crippen molar-refractivity contribution in [2.45, 2.75) is 6.92 Å². The van der Waals surface area contributed by atoms with Crippen molar-refractivity contribution >= 4 is 11.9 Å². The predicted molar refractivity (Wildman–Crippen MR) is 91.3 cm³/mol. The fraction of sp³-hybridized carbons (Fsp3) is 0.111. The normalized spacial score (nSPS) is 10.4. The molecule has 3 aromatic rings. The Morgan fingerprint density at radius 3 is 2.52 bits per heavy atom. The van der Waals surface area contributed by atoms with Crippen molar-refractivity contribution in [3.63, 3.8) is 0 Å². The number of primary amides is 1. The summed E-state index contributed by atoms with van der Waals surface area (Å²) < 4.78 is 6.40. The van der Waals surface area contributed by atoms with E-state index in [1.807, 2.05) is 24.3 Å². The zero-order chi connectivity index (χ0) is 17.8. The van der Waals surface area contributed by atoms with Gasteiger partial charge in [-0.05, 0) is 36.2 Å². The second kappa shape index (κ2) is 6.96. The van der Waals surface area contributed by atoms with E-state index in [2.05, 4.69) is 10.3 Å². The lowest BCUT2D eigenvalue weighted by atomic mass is 9.99. The number of hydrogen-bond acceptors (Lipinski definition) is 5. The van der Waals surface area contributed by atoms with Crippen LogP contribution in [0.25, 0.3) is 16.8 Å². The summed E-state index contributed by atoms with van der Waals surface area (Å²) in [5, 5.41) is 7.70. The monoisotopic (exact) mass is 336 g/mol. The quantitative estimate of drug-likeness (QED) is 0.720. The van der Waals surface area contributed by atoms with Crippen LogP contribution in [0.5, 0.6) is 0 Å². The fourth-order valence-electron chi connectivity index (χ4n) is 2.50. The standard InChI is InChI=1S/C18H16N4O3/c1-2-25-18(24)16-11-20-21-22(16)13-9-7-12(8-10-13)14-5-3-4-6-15(14)17(19)23/h3-11H,2H2,1H3,(H2,19,23). The number of carbonyl (C=O) groups excluding carboxylic acids is 2. The molecule has 0 atom stereocenters. The number of rotatable bonds is 5. The molecule has 126 valence electrons. The Labute approximate surface area is 144 Å². The van der Waals surface area contributed by atoms with Gasteiger partial charge in [0, 0.05) is 5.56 Å². The summed E-state index contributed by atoms with van der Waals surface area (Å²) in [7, 11) is 0. The van der Waals surface area contributed by atoms with Crippen LogP contribution in [-0.4, -0.2) is 33.5 Å². The molecule has 25 heavy (non-hydrogen) atoms. The van der Waals surface area contributed by atoms with E-state index in [-0.39, 0.29) is 12.3 Å². The molecule has 2 N–H and O–H groups in total. The van der Waals surface area contributed by atoms with Gasteiger partial charge in [-0.15, -0.1) is 5.10 Å². The van der Waals surface area contributed by atoms with E-state index < -0.39 is 11.9 Å². The Hall–Kier alpha value is -3.48. The van der Waals surface area contributed by atoms with E-state index >= 15 is 0 Å². The van der Waals surface area contributed by atoms with Crippen molar-refractivity contribution in [2.75, 3.05) is 6.61 Å². The number of esters is 1. The average molecular weight is 336 g/mol. The molecule has 3 rings (SSSR count). The molecule has 0 spiro atoms. The Bertz CT molecular complexity index is 916. The molecule has 7 nitrogen and oxygen atoms in total. The lowest BCUT2D eigenvalue weighted by Gasteiger charge is -2.09. The zero-order valence-electron chi connectivity index (χ0n) is 13.5. The van der Waals surface area contributed by atoms with Crippen LogP contribution in [0.3, 0.4) is 0 Å². The molecule has 7 heteroatoms. The number of benzene rings is 2. The highest BCUT2D eigenvalue weighted by Gasteiger charge is 2.16. The van der Waals surface area contributed by atoms with Crippen molar-refractivity contribution in [1.29, 1.82) is 0 Å². The number of carbonyl (C=O) groups is 2. The summed E-state index contributed by atoms with van der Waals surface area (Å²) in [4.78, 5) is 23.5. The SMILES string of the molecule is CCOC(=O)c1cnnn1-c1ccc(-c2ccccc2C(N)=O)cc1. The first-order valence-electron chi connectivity index (χ1n) is 7.69. The molecule has 0 unspecified atom stereocenters. The van der Waals surface area contributed by atoms with Crippen molar-refractivity contribution in [2.24, 2.45) is 5.73 Å². The summed E-state index contributed by atoms with van der Waals surface area (Å²) in [5.74, 6) is -0.976. The predicted octanol–water partition coefficient (Wildman–Crippen LogP) is 2.21. The van der Waals surface area contributed by atoms with Crippen molar-refractivity contribution in [3.05, 3.63) is 66.0 Å². The van der Waals surface area contributed by atoms with E-state index in [4.69, 9.17) is 10.5 Å². The lowest BCUT2D eigenvalue weighted by molar-refractivity contribution is 0.0515. The van der Waals surface area contributed by atoms with E-state index in [0.29, 0.717) is 11.3 Å². The van der Waals surface area contributed by atoms with Crippen LogP contribution >= 0.6 is 0 Å². The van der Waals surface area contributed by atoms with Crippen molar-refractivity contribution in [1.82, 2.24) is 15.0 Å². The number of nitrogens with two attached hydrogens (primary N) is 1. The molecule has 1 heterocycles. The van der Waals surface area contributed by atoms with Crippen LogP contribution in [0.1, 0.15) is 27.8 Å². The largest absolute Gasteiger partial charge is 0.461 e. The molecule has 0 radical (unpaired) electrons. The Kier molecular flexibility index (Phi) is 4.56. The Morgan fingerprint density at radius 2 is 1.84 bits per heavy atom. The molecule has 0 bridgehead atoms. The molecule has 0 fully saturated rings. The molecule has 1 amide bonds. The number of ether oxygens (including phenoxy) is 1. The van der Waals surface area contributed by atoms with Gasteiger partial charge in [0.1, 0.15) is 0 Å². The van der Waals surface area contributed by atoms with Gasteiger partial charge in [-0.2, -0.15) is 0 Å². The molecular weight excluding hydrogens is 320 g/mol. The van der Waals surface area contributed by atoms with Gasteiger partial charge in [0.25, 0.3) is 0 Å². The highest BCUT2D eigenvalue weighted by atomic mass is 16.5. The third kappa shape index (κ3) is 3.25. The first-order chi connectivity index (χ1) is 12.1. The van der Waals surface area contributed by atoms with E-state index in [1.165, 1.54) is 10.9 Å². The summed E-state index contributed by atoms with van der Waals surface area (Å²) in [5.41, 5.74) is 8.34. The van der Waals surface area contributed by atoms with Gasteiger partial charge in [-0.3, -0.25) is 4.79 Å². The number of amides is 1. The van der Waals surface area contributed by atoms with E-state index in [9.17, 15) is 9.59 Å². The molecule has 0 saturated carbocycles. The topological polar surface area (TPSA) is 100 Å². The van der Waals surface area contributed by atoms with Crippen molar-refractivity contribution in [3.8, 4) is 16.8 Å². The second-order valence-corrected chi connectivity index (χ2v) is 5.21. The van der Waals surface area contributed by atoms with Gasteiger partial charge >= 0.3 is 5.97 Å². The molecule has 0 aliphatic heterocycles. The summed E-state index contributed by atoms with van der Waals surface area (Å²) in [6.45, 7) is 2.00. The van der Waals surface area contributed by atoms with Crippen LogP contribution < -0.4 is 5.73 Å². The van der Waals surface area contributed by atoms with Crippen LogP contribution in [0.15, 0.2) is 54.7 Å². The highest BCUT2D eigenvalue weighted by molar-refractivity contribution is 5.99. The molecule has 2 aromatic carbocycles. The highest BCUT2D eigenvalue weighted by Crippen LogP contribution is 2.24. The summed E-state index contributed by atoms with van der Waals surface area (Å²) in [6.07, 6.45) is 1.36. The maximum atomic E-state index is 11.9. The molecule has 0 saturated heterocycles. The van der Waals surface area contributed by atoms with E-state index in [1.54, 1.807) is 31.2 Å². The van der Waals surface area contributed by atoms with Gasteiger partial charge in [-0.25, -0.2) is 9.48 Å². The number of nitrogens with zero attached hydrogens (tertiary/aromatic N) is 3. The second-order valence-electron chi connectivity index (χ2n) is 5.21. The van der Waals surface area contributed by atoms with Crippen LogP contribution in [0.4, 0.5) is 0 Å². The minimum absolute atomic E-state index is 0.243. The average Bonchev–Trinajstić information content (AvgIpc) is 3.12. The molecule has 0 aliphatic carbocycles. The number of hydrogen-bond donors (Lipinski definition) is 1. The maximum absolute atomic E-state index is 11.9. The van der Waals surface area contributed by atoms with Crippen LogP contribution in [0, 0.1) is 0 Å². The lowest BCUT2D eigenvalue weighted by Crippen LogP contribution is -2.12. The van der Waals surface area contributed by atoms with Gasteiger partial charge in [-0.1, -0.05) is 35.5 Å². The van der Waals surface area contributed by atoms with Crippen molar-refractivity contribution < 1.29 is 14.3 Å². The maximum Gasteiger partial charge on any atom is 0.358 e. The van der Waals surface area contributed by atoms with E-state index in [0.717, 1.165) is 11.1 Å². The molecule has 1 aromatic heterocycles. The number of aromatic nitrogens is 3. The van der Waals surface area contributed by atoms with Gasteiger partial charge in [0.2, 0.25) is 5.91 Å².